The molecule has 0 spiro atoms. The van der Waals surface area contributed by atoms with E-state index in [1.165, 1.54) is 43.3 Å². The number of rotatable bonds is 6. The van der Waals surface area contributed by atoms with E-state index in [1.807, 2.05) is 12.2 Å². The maximum atomic E-state index is 3.71. The van der Waals surface area contributed by atoms with Gasteiger partial charge in [0.1, 0.15) is 0 Å². The van der Waals surface area contributed by atoms with E-state index in [4.69, 9.17) is 0 Å². The quantitative estimate of drug-likeness (QED) is 0.366. The number of hydrogen-bond acceptors (Lipinski definition) is 0. The second-order valence-corrected chi connectivity index (χ2v) is 7.01. The average molecular weight is 284 g/mol. The van der Waals surface area contributed by atoms with Crippen LogP contribution in [-0.4, -0.2) is 0 Å². The molecule has 0 heteroatoms. The molecule has 0 N–H and O–H groups in total. The summed E-state index contributed by atoms with van der Waals surface area (Å²) < 4.78 is 0. The molecular weight excluding hydrogens is 252 g/mol. The number of hydrogen-bond donors (Lipinski definition) is 0. The monoisotopic (exact) mass is 284 g/mol. The van der Waals surface area contributed by atoms with Gasteiger partial charge in [-0.2, -0.15) is 0 Å². The van der Waals surface area contributed by atoms with Gasteiger partial charge in [0.25, 0.3) is 0 Å². The van der Waals surface area contributed by atoms with Gasteiger partial charge in [-0.15, -0.1) is 0 Å². The molecule has 0 atom stereocenters. The lowest BCUT2D eigenvalue weighted by molar-refractivity contribution is 0.354. The van der Waals surface area contributed by atoms with E-state index in [1.54, 1.807) is 11.1 Å². The third-order valence-corrected chi connectivity index (χ3v) is 4.58. The van der Waals surface area contributed by atoms with E-state index in [0.717, 1.165) is 0 Å². The third-order valence-electron chi connectivity index (χ3n) is 4.58. The van der Waals surface area contributed by atoms with Crippen LogP contribution < -0.4 is 0 Å². The van der Waals surface area contributed by atoms with Gasteiger partial charge in [0.2, 0.25) is 0 Å². The Hall–Kier alpha value is -1.30. The zero-order valence-corrected chi connectivity index (χ0v) is 14.6. The van der Waals surface area contributed by atoms with Crippen molar-refractivity contribution in [1.82, 2.24) is 0 Å². The van der Waals surface area contributed by atoms with Crippen molar-refractivity contribution in [2.24, 2.45) is 5.41 Å². The van der Waals surface area contributed by atoms with Crippen LogP contribution in [0.1, 0.15) is 66.7 Å². The lowest BCUT2D eigenvalue weighted by Crippen LogP contribution is -2.20. The molecular formula is C21H32. The van der Waals surface area contributed by atoms with Crippen LogP contribution in [0.5, 0.6) is 0 Å². The smallest absolute Gasteiger partial charge is 0.0142 e. The predicted octanol–water partition coefficient (Wildman–Crippen LogP) is 6.93. The summed E-state index contributed by atoms with van der Waals surface area (Å²) in [6.45, 7) is 15.2. The first-order chi connectivity index (χ1) is 9.86. The third kappa shape index (κ3) is 5.91. The molecule has 0 aliphatic heterocycles. The summed E-state index contributed by atoms with van der Waals surface area (Å²) in [6, 6.07) is 0. The first-order valence-corrected chi connectivity index (χ1v) is 8.19. The Morgan fingerprint density at radius 2 is 1.95 bits per heavy atom. The fourth-order valence-electron chi connectivity index (χ4n) is 3.24. The van der Waals surface area contributed by atoms with Crippen molar-refractivity contribution in [3.63, 3.8) is 0 Å². The fourth-order valence-corrected chi connectivity index (χ4v) is 3.24. The molecule has 0 bridgehead atoms. The van der Waals surface area contributed by atoms with E-state index in [9.17, 15) is 0 Å². The second-order valence-electron chi connectivity index (χ2n) is 7.01. The van der Waals surface area contributed by atoms with Crippen LogP contribution in [0.25, 0.3) is 0 Å². The van der Waals surface area contributed by atoms with Crippen molar-refractivity contribution in [3.05, 3.63) is 59.3 Å². The van der Waals surface area contributed by atoms with Crippen LogP contribution in [0.3, 0.4) is 0 Å². The second kappa shape index (κ2) is 8.22. The molecule has 116 valence electrons. The highest BCUT2D eigenvalue weighted by Gasteiger charge is 2.27. The van der Waals surface area contributed by atoms with Crippen molar-refractivity contribution >= 4 is 0 Å². The van der Waals surface area contributed by atoms with Crippen molar-refractivity contribution < 1.29 is 0 Å². The van der Waals surface area contributed by atoms with Crippen LogP contribution in [0.2, 0.25) is 0 Å². The molecule has 0 nitrogen and oxygen atoms in total. The Bertz CT molecular complexity index is 478. The summed E-state index contributed by atoms with van der Waals surface area (Å²) in [5, 5.41) is 0. The van der Waals surface area contributed by atoms with E-state index in [2.05, 4.69) is 59.4 Å². The van der Waals surface area contributed by atoms with Crippen LogP contribution in [0.4, 0.5) is 0 Å². The molecule has 0 saturated heterocycles. The molecule has 0 aromatic rings. The standard InChI is InChI=1S/C21H32/c1-7-10-17(2)11-8-12-18(3)14-15-20-19(4)13-9-16-21(20,5)6/h7-8,10-12H,1,9,13-16H2,2-6H3/b11-8+,17-10+,18-12+. The minimum Gasteiger partial charge on any atom is -0.0991 e. The maximum Gasteiger partial charge on any atom is -0.0142 e. The van der Waals surface area contributed by atoms with Gasteiger partial charge in [-0.1, -0.05) is 73.1 Å². The Morgan fingerprint density at radius 3 is 2.57 bits per heavy atom. The Labute approximate surface area is 132 Å². The maximum absolute atomic E-state index is 3.71. The molecule has 0 unspecified atom stereocenters. The van der Waals surface area contributed by atoms with E-state index < -0.39 is 0 Å². The fraction of sp³-hybridized carbons (Fsp3) is 0.524. The summed E-state index contributed by atoms with van der Waals surface area (Å²) in [7, 11) is 0. The summed E-state index contributed by atoms with van der Waals surface area (Å²) in [5.74, 6) is 0. The van der Waals surface area contributed by atoms with Gasteiger partial charge in [-0.3, -0.25) is 0 Å². The molecule has 0 radical (unpaired) electrons. The van der Waals surface area contributed by atoms with Crippen molar-refractivity contribution in [2.75, 3.05) is 0 Å². The Balaban J connectivity index is 2.62. The summed E-state index contributed by atoms with van der Waals surface area (Å²) in [4.78, 5) is 0. The van der Waals surface area contributed by atoms with Crippen molar-refractivity contribution in [2.45, 2.75) is 66.7 Å². The molecule has 0 saturated carbocycles. The molecule has 1 aliphatic carbocycles. The average Bonchev–Trinajstić information content (AvgIpc) is 2.37. The summed E-state index contributed by atoms with van der Waals surface area (Å²) in [5.41, 5.74) is 6.44. The largest absolute Gasteiger partial charge is 0.0991 e. The van der Waals surface area contributed by atoms with Gasteiger partial charge in [-0.05, 0) is 58.3 Å². The van der Waals surface area contributed by atoms with Gasteiger partial charge in [0.05, 0.1) is 0 Å². The summed E-state index contributed by atoms with van der Waals surface area (Å²) >= 11 is 0. The van der Waals surface area contributed by atoms with E-state index in [0.29, 0.717) is 5.41 Å². The highest BCUT2D eigenvalue weighted by Crippen LogP contribution is 2.42. The summed E-state index contributed by atoms with van der Waals surface area (Å²) in [6.07, 6.45) is 16.8. The van der Waals surface area contributed by atoms with E-state index in [-0.39, 0.29) is 0 Å². The van der Waals surface area contributed by atoms with Crippen LogP contribution in [0, 0.1) is 5.41 Å². The first kappa shape index (κ1) is 17.8. The Kier molecular flexibility index (Phi) is 6.95. The number of allylic oxidation sites excluding steroid dienone is 9. The van der Waals surface area contributed by atoms with E-state index >= 15 is 0 Å². The SMILES string of the molecule is C=C/C=C(C)/C=C/C=C(\C)CCC1=C(C)CCCC1(C)C. The molecule has 0 fully saturated rings. The van der Waals surface area contributed by atoms with Gasteiger partial charge in [0.15, 0.2) is 0 Å². The zero-order chi connectivity index (χ0) is 15.9. The molecule has 21 heavy (non-hydrogen) atoms. The normalized spacial score (nSPS) is 20.2. The van der Waals surface area contributed by atoms with Gasteiger partial charge in [0, 0.05) is 0 Å². The van der Waals surface area contributed by atoms with Crippen LogP contribution in [-0.2, 0) is 0 Å². The van der Waals surface area contributed by atoms with Crippen LogP contribution in [0.15, 0.2) is 59.3 Å². The minimum absolute atomic E-state index is 0.405. The first-order valence-electron chi connectivity index (χ1n) is 8.19. The Morgan fingerprint density at radius 1 is 1.24 bits per heavy atom. The van der Waals surface area contributed by atoms with Gasteiger partial charge >= 0.3 is 0 Å². The zero-order valence-electron chi connectivity index (χ0n) is 14.6. The van der Waals surface area contributed by atoms with Crippen molar-refractivity contribution in [1.29, 1.82) is 0 Å². The van der Waals surface area contributed by atoms with Crippen LogP contribution >= 0.6 is 0 Å². The molecule has 1 aliphatic rings. The minimum atomic E-state index is 0.405. The topological polar surface area (TPSA) is 0 Å². The predicted molar refractivity (Wildman–Crippen MR) is 96.4 cm³/mol. The highest BCUT2D eigenvalue weighted by molar-refractivity contribution is 5.26. The molecule has 0 heterocycles. The highest BCUT2D eigenvalue weighted by atomic mass is 14.3. The van der Waals surface area contributed by atoms with Gasteiger partial charge < -0.3 is 0 Å². The molecule has 0 aromatic heterocycles. The molecule has 0 aromatic carbocycles. The molecule has 0 amide bonds. The lowest BCUT2D eigenvalue weighted by atomic mass is 9.71. The lowest BCUT2D eigenvalue weighted by Gasteiger charge is -2.34. The van der Waals surface area contributed by atoms with Gasteiger partial charge in [-0.25, -0.2) is 0 Å². The molecule has 1 rings (SSSR count). The van der Waals surface area contributed by atoms with Crippen molar-refractivity contribution in [3.8, 4) is 0 Å².